The lowest BCUT2D eigenvalue weighted by atomic mass is 10.0. The van der Waals surface area contributed by atoms with Crippen molar-refractivity contribution in [3.8, 4) is 5.75 Å². The summed E-state index contributed by atoms with van der Waals surface area (Å²) in [6, 6.07) is 5.44. The van der Waals surface area contributed by atoms with Crippen molar-refractivity contribution < 1.29 is 22.6 Å². The van der Waals surface area contributed by atoms with Crippen LogP contribution in [-0.2, 0) is 4.74 Å². The number of hydrogen-bond acceptors (Lipinski definition) is 3. The van der Waals surface area contributed by atoms with Gasteiger partial charge in [0.05, 0.1) is 6.61 Å². The minimum absolute atomic E-state index is 0. The van der Waals surface area contributed by atoms with Crippen LogP contribution in [0.3, 0.4) is 0 Å². The Labute approximate surface area is 149 Å². The zero-order chi connectivity index (χ0) is 16.0. The van der Waals surface area contributed by atoms with Gasteiger partial charge in [0.15, 0.2) is 5.96 Å². The first-order valence-electron chi connectivity index (χ1n) is 6.93. The molecule has 0 aliphatic carbocycles. The summed E-state index contributed by atoms with van der Waals surface area (Å²) in [5.74, 6) is 0.162. The Morgan fingerprint density at radius 1 is 1.43 bits per heavy atom. The number of halogens is 4. The van der Waals surface area contributed by atoms with Gasteiger partial charge in [-0.25, -0.2) is 0 Å². The van der Waals surface area contributed by atoms with Crippen LogP contribution in [0.15, 0.2) is 29.3 Å². The van der Waals surface area contributed by atoms with Crippen molar-refractivity contribution in [2.75, 3.05) is 25.1 Å². The average molecular weight is 445 g/mol. The molecule has 9 heteroatoms. The summed E-state index contributed by atoms with van der Waals surface area (Å²) in [5, 5.41) is 2.75. The van der Waals surface area contributed by atoms with Crippen molar-refractivity contribution in [2.45, 2.75) is 19.2 Å². The standard InChI is InChI=1S/C14H18F3N3O2.HI/c15-14(16,17)22-12-5-1-4-11(7-12)20-13(18)19-8-10-3-2-6-21-9-10;/h1,4-5,7,10H,2-3,6,8-9H2,(H3,18,19,20);1H. The topological polar surface area (TPSA) is 68.9 Å². The number of nitrogens with one attached hydrogen (secondary N) is 1. The van der Waals surface area contributed by atoms with E-state index in [1.807, 2.05) is 0 Å². The van der Waals surface area contributed by atoms with E-state index in [4.69, 9.17) is 10.5 Å². The van der Waals surface area contributed by atoms with Gasteiger partial charge in [0.25, 0.3) is 0 Å². The highest BCUT2D eigenvalue weighted by molar-refractivity contribution is 14.0. The monoisotopic (exact) mass is 445 g/mol. The first-order valence-corrected chi connectivity index (χ1v) is 6.93. The first kappa shape index (κ1) is 19.8. The normalized spacial score (nSPS) is 18.9. The van der Waals surface area contributed by atoms with Gasteiger partial charge < -0.3 is 20.5 Å². The van der Waals surface area contributed by atoms with E-state index in [-0.39, 0.29) is 35.7 Å². The quantitative estimate of drug-likeness (QED) is 0.424. The third kappa shape index (κ3) is 7.73. The van der Waals surface area contributed by atoms with Crippen molar-refractivity contribution >= 4 is 35.6 Å². The molecule has 0 aromatic heterocycles. The minimum Gasteiger partial charge on any atom is -0.406 e. The first-order chi connectivity index (χ1) is 10.4. The average Bonchev–Trinajstić information content (AvgIpc) is 2.45. The largest absolute Gasteiger partial charge is 0.573 e. The van der Waals surface area contributed by atoms with Gasteiger partial charge >= 0.3 is 6.36 Å². The van der Waals surface area contributed by atoms with Gasteiger partial charge in [-0.2, -0.15) is 0 Å². The molecule has 5 nitrogen and oxygen atoms in total. The molecule has 23 heavy (non-hydrogen) atoms. The number of aliphatic imine (C=N–C) groups is 1. The van der Waals surface area contributed by atoms with Crippen molar-refractivity contribution in [3.05, 3.63) is 24.3 Å². The summed E-state index contributed by atoms with van der Waals surface area (Å²) in [6.45, 7) is 1.96. The van der Waals surface area contributed by atoms with Crippen LogP contribution in [0.2, 0.25) is 0 Å². The number of ether oxygens (including phenoxy) is 2. The fourth-order valence-electron chi connectivity index (χ4n) is 2.14. The van der Waals surface area contributed by atoms with E-state index < -0.39 is 6.36 Å². The fourth-order valence-corrected chi connectivity index (χ4v) is 2.14. The lowest BCUT2D eigenvalue weighted by molar-refractivity contribution is -0.274. The molecule has 1 aromatic rings. The van der Waals surface area contributed by atoms with Gasteiger partial charge in [0, 0.05) is 30.8 Å². The molecule has 1 aliphatic heterocycles. The van der Waals surface area contributed by atoms with E-state index in [1.54, 1.807) is 6.07 Å². The molecule has 1 heterocycles. The summed E-state index contributed by atoms with van der Waals surface area (Å²) in [5.41, 5.74) is 6.11. The van der Waals surface area contributed by atoms with Crippen LogP contribution in [0.25, 0.3) is 0 Å². The number of anilines is 1. The Bertz CT molecular complexity index is 520. The van der Waals surface area contributed by atoms with Gasteiger partial charge in [0.2, 0.25) is 0 Å². The van der Waals surface area contributed by atoms with E-state index >= 15 is 0 Å². The van der Waals surface area contributed by atoms with Crippen LogP contribution < -0.4 is 15.8 Å². The molecule has 0 radical (unpaired) electrons. The predicted molar refractivity (Wildman–Crippen MR) is 92.2 cm³/mol. The molecule has 3 N–H and O–H groups in total. The summed E-state index contributed by atoms with van der Waals surface area (Å²) in [4.78, 5) is 4.19. The van der Waals surface area contributed by atoms with Crippen LogP contribution >= 0.6 is 24.0 Å². The second kappa shape index (κ2) is 9.16. The van der Waals surface area contributed by atoms with Crippen LogP contribution in [0.5, 0.6) is 5.75 Å². The Morgan fingerprint density at radius 2 is 2.22 bits per heavy atom. The lowest BCUT2D eigenvalue weighted by Crippen LogP contribution is -2.26. The summed E-state index contributed by atoms with van der Waals surface area (Å²) in [6.07, 6.45) is -2.69. The summed E-state index contributed by atoms with van der Waals surface area (Å²) >= 11 is 0. The van der Waals surface area contributed by atoms with E-state index in [0.717, 1.165) is 19.4 Å². The number of alkyl halides is 3. The smallest absolute Gasteiger partial charge is 0.406 e. The summed E-state index contributed by atoms with van der Waals surface area (Å²) < 4.78 is 45.7. The SMILES string of the molecule is I.NC(=NCC1CCCOC1)Nc1cccc(OC(F)(F)F)c1. The van der Waals surface area contributed by atoms with E-state index in [1.165, 1.54) is 18.2 Å². The molecular formula is C14H19F3IN3O2. The number of nitrogens with two attached hydrogens (primary N) is 1. The van der Waals surface area contributed by atoms with Crippen LogP contribution in [0.4, 0.5) is 18.9 Å². The maximum absolute atomic E-state index is 12.2. The number of rotatable bonds is 4. The van der Waals surface area contributed by atoms with E-state index in [9.17, 15) is 13.2 Å². The number of guanidine groups is 1. The fraction of sp³-hybridized carbons (Fsp3) is 0.500. The molecule has 1 unspecified atom stereocenters. The highest BCUT2D eigenvalue weighted by atomic mass is 127. The molecule has 0 saturated carbocycles. The zero-order valence-corrected chi connectivity index (χ0v) is 14.6. The Hall–Kier alpha value is -1.23. The molecule has 1 aliphatic rings. The highest BCUT2D eigenvalue weighted by Crippen LogP contribution is 2.25. The lowest BCUT2D eigenvalue weighted by Gasteiger charge is -2.20. The van der Waals surface area contributed by atoms with Crippen LogP contribution in [0.1, 0.15) is 12.8 Å². The number of hydrogen-bond donors (Lipinski definition) is 2. The highest BCUT2D eigenvalue weighted by Gasteiger charge is 2.31. The molecule has 0 amide bonds. The molecule has 1 fully saturated rings. The molecule has 130 valence electrons. The van der Waals surface area contributed by atoms with Crippen molar-refractivity contribution in [3.63, 3.8) is 0 Å². The van der Waals surface area contributed by atoms with Crippen molar-refractivity contribution in [1.29, 1.82) is 0 Å². The van der Waals surface area contributed by atoms with Gasteiger partial charge in [-0.3, -0.25) is 4.99 Å². The maximum atomic E-state index is 12.2. The molecule has 1 atom stereocenters. The third-order valence-corrected chi connectivity index (χ3v) is 3.11. The van der Waals surface area contributed by atoms with Gasteiger partial charge in [-0.05, 0) is 25.0 Å². The molecule has 0 spiro atoms. The number of nitrogens with zero attached hydrogens (tertiary/aromatic N) is 1. The minimum atomic E-state index is -4.72. The maximum Gasteiger partial charge on any atom is 0.573 e. The molecular weight excluding hydrogens is 426 g/mol. The molecule has 0 bridgehead atoms. The van der Waals surface area contributed by atoms with E-state index in [2.05, 4.69) is 15.0 Å². The van der Waals surface area contributed by atoms with Gasteiger partial charge in [-0.15, -0.1) is 37.1 Å². The van der Waals surface area contributed by atoms with Crippen molar-refractivity contribution in [1.82, 2.24) is 0 Å². The van der Waals surface area contributed by atoms with Gasteiger partial charge in [0.1, 0.15) is 5.75 Å². The Morgan fingerprint density at radius 3 is 2.87 bits per heavy atom. The zero-order valence-electron chi connectivity index (χ0n) is 12.3. The third-order valence-electron chi connectivity index (χ3n) is 3.11. The second-order valence-corrected chi connectivity index (χ2v) is 5.01. The second-order valence-electron chi connectivity index (χ2n) is 5.01. The predicted octanol–water partition coefficient (Wildman–Crippen LogP) is 3.36. The van der Waals surface area contributed by atoms with Crippen LogP contribution in [0, 0.1) is 5.92 Å². The molecule has 1 aromatic carbocycles. The van der Waals surface area contributed by atoms with Crippen molar-refractivity contribution in [2.24, 2.45) is 16.6 Å². The van der Waals surface area contributed by atoms with Gasteiger partial charge in [-0.1, -0.05) is 6.07 Å². The number of benzene rings is 1. The van der Waals surface area contributed by atoms with E-state index in [0.29, 0.717) is 24.8 Å². The Kier molecular flexibility index (Phi) is 7.89. The Balaban J connectivity index is 0.00000264. The van der Waals surface area contributed by atoms with Crippen LogP contribution in [-0.4, -0.2) is 32.1 Å². The summed E-state index contributed by atoms with van der Waals surface area (Å²) in [7, 11) is 0. The molecule has 2 rings (SSSR count). The molecule has 1 saturated heterocycles.